The highest BCUT2D eigenvalue weighted by atomic mass is 16.2. The largest absolute Gasteiger partial charge is 0.348 e. The SMILES string of the molecule is O=C(NC1CCN(C(=O)c2cccc(-c3cn4ccccc4n3)c2)CC1)C1=CCCC(Nc2ccccc2)=N1. The predicted octanol–water partition coefficient (Wildman–Crippen LogP) is 4.91. The number of piperidine rings is 1. The van der Waals surface area contributed by atoms with Crippen LogP contribution in [0.4, 0.5) is 5.69 Å². The molecule has 0 atom stereocenters. The fourth-order valence-electron chi connectivity index (χ4n) is 5.07. The quantitative estimate of drug-likeness (QED) is 0.393. The number of amidine groups is 1. The second-order valence-corrected chi connectivity index (χ2v) is 9.89. The van der Waals surface area contributed by atoms with E-state index in [9.17, 15) is 9.59 Å². The van der Waals surface area contributed by atoms with Crippen molar-refractivity contribution in [3.63, 3.8) is 0 Å². The minimum Gasteiger partial charge on any atom is -0.348 e. The van der Waals surface area contributed by atoms with Crippen molar-refractivity contribution >= 4 is 29.0 Å². The molecule has 0 radical (unpaired) electrons. The molecule has 4 aromatic rings. The number of imidazole rings is 1. The number of fused-ring (bicyclic) bond motifs is 1. The van der Waals surface area contributed by atoms with E-state index < -0.39 is 0 Å². The topological polar surface area (TPSA) is 91.1 Å². The first-order valence-corrected chi connectivity index (χ1v) is 13.4. The number of hydrogen-bond acceptors (Lipinski definition) is 5. The smallest absolute Gasteiger partial charge is 0.269 e. The maximum atomic E-state index is 13.3. The molecular formula is C31H30N6O2. The van der Waals surface area contributed by atoms with Crippen LogP contribution < -0.4 is 10.6 Å². The van der Waals surface area contributed by atoms with E-state index in [1.54, 1.807) is 0 Å². The van der Waals surface area contributed by atoms with Gasteiger partial charge in [0.15, 0.2) is 0 Å². The van der Waals surface area contributed by atoms with E-state index in [2.05, 4.69) is 20.6 Å². The average Bonchev–Trinajstić information content (AvgIpc) is 3.43. The molecule has 2 aliphatic rings. The van der Waals surface area contributed by atoms with Gasteiger partial charge in [0.2, 0.25) is 0 Å². The maximum Gasteiger partial charge on any atom is 0.269 e. The zero-order valence-corrected chi connectivity index (χ0v) is 21.6. The number of nitrogens with one attached hydrogen (secondary N) is 2. The molecule has 2 aliphatic heterocycles. The third-order valence-electron chi connectivity index (χ3n) is 7.16. The number of rotatable bonds is 5. The van der Waals surface area contributed by atoms with E-state index in [1.807, 2.05) is 101 Å². The summed E-state index contributed by atoms with van der Waals surface area (Å²) in [6.07, 6.45) is 8.76. The number of anilines is 1. The average molecular weight is 519 g/mol. The van der Waals surface area contributed by atoms with Gasteiger partial charge in [-0.05, 0) is 55.7 Å². The second kappa shape index (κ2) is 10.9. The molecule has 2 N–H and O–H groups in total. The number of carbonyl (C=O) groups is 2. The van der Waals surface area contributed by atoms with Crippen molar-refractivity contribution < 1.29 is 9.59 Å². The number of amides is 2. The lowest BCUT2D eigenvalue weighted by molar-refractivity contribution is -0.118. The number of aromatic nitrogens is 2. The van der Waals surface area contributed by atoms with Crippen molar-refractivity contribution in [3.8, 4) is 11.3 Å². The van der Waals surface area contributed by atoms with E-state index in [0.29, 0.717) is 37.2 Å². The summed E-state index contributed by atoms with van der Waals surface area (Å²) in [7, 11) is 0. The van der Waals surface area contributed by atoms with Crippen LogP contribution >= 0.6 is 0 Å². The summed E-state index contributed by atoms with van der Waals surface area (Å²) in [6.45, 7) is 1.18. The van der Waals surface area contributed by atoms with Crippen LogP contribution in [-0.4, -0.2) is 51.1 Å². The first-order valence-electron chi connectivity index (χ1n) is 13.4. The third kappa shape index (κ3) is 5.60. The normalized spacial score (nSPS) is 15.9. The van der Waals surface area contributed by atoms with Gasteiger partial charge in [0.05, 0.1) is 5.69 Å². The number of hydrogen-bond donors (Lipinski definition) is 2. The fraction of sp³-hybridized carbons (Fsp3) is 0.226. The Morgan fingerprint density at radius 3 is 2.56 bits per heavy atom. The summed E-state index contributed by atoms with van der Waals surface area (Å²) in [4.78, 5) is 37.3. The number of para-hydroxylation sites is 1. The lowest BCUT2D eigenvalue weighted by Gasteiger charge is -2.32. The zero-order valence-electron chi connectivity index (χ0n) is 21.6. The van der Waals surface area contributed by atoms with Crippen LogP contribution in [0, 0.1) is 0 Å². The Morgan fingerprint density at radius 2 is 1.74 bits per heavy atom. The van der Waals surface area contributed by atoms with Gasteiger partial charge in [-0.3, -0.25) is 9.59 Å². The summed E-state index contributed by atoms with van der Waals surface area (Å²) in [6, 6.07) is 23.4. The minimum atomic E-state index is -0.160. The van der Waals surface area contributed by atoms with Crippen molar-refractivity contribution in [2.45, 2.75) is 31.7 Å². The molecular weight excluding hydrogens is 488 g/mol. The molecule has 1 fully saturated rings. The molecule has 8 nitrogen and oxygen atoms in total. The van der Waals surface area contributed by atoms with Crippen molar-refractivity contribution in [1.82, 2.24) is 19.6 Å². The molecule has 0 unspecified atom stereocenters. The Bertz CT molecular complexity index is 1530. The molecule has 196 valence electrons. The fourth-order valence-corrected chi connectivity index (χ4v) is 5.07. The van der Waals surface area contributed by atoms with Crippen molar-refractivity contribution in [2.75, 3.05) is 18.4 Å². The Balaban J connectivity index is 1.05. The molecule has 2 aromatic carbocycles. The lowest BCUT2D eigenvalue weighted by atomic mass is 10.0. The first-order chi connectivity index (χ1) is 19.1. The van der Waals surface area contributed by atoms with E-state index in [1.165, 1.54) is 0 Å². The van der Waals surface area contributed by atoms with Crippen LogP contribution in [-0.2, 0) is 4.79 Å². The highest BCUT2D eigenvalue weighted by Gasteiger charge is 2.26. The van der Waals surface area contributed by atoms with Crippen LogP contribution in [0.2, 0.25) is 0 Å². The zero-order chi connectivity index (χ0) is 26.6. The molecule has 0 spiro atoms. The molecule has 2 amide bonds. The van der Waals surface area contributed by atoms with E-state index in [0.717, 1.165) is 41.3 Å². The van der Waals surface area contributed by atoms with Gasteiger partial charge in [-0.2, -0.15) is 0 Å². The van der Waals surface area contributed by atoms with Gasteiger partial charge in [-0.1, -0.05) is 42.5 Å². The lowest BCUT2D eigenvalue weighted by Crippen LogP contribution is -2.47. The Morgan fingerprint density at radius 1 is 0.923 bits per heavy atom. The van der Waals surface area contributed by atoms with E-state index in [4.69, 9.17) is 0 Å². The molecule has 4 heterocycles. The van der Waals surface area contributed by atoms with E-state index in [-0.39, 0.29) is 17.9 Å². The summed E-state index contributed by atoms with van der Waals surface area (Å²) in [5, 5.41) is 6.43. The number of likely N-dealkylation sites (tertiary alicyclic amines) is 1. The van der Waals surface area contributed by atoms with Gasteiger partial charge in [0, 0.05) is 54.8 Å². The molecule has 2 aromatic heterocycles. The standard InChI is InChI=1S/C31H30N6O2/c38-30(26-12-7-13-28(34-26)32-24-10-2-1-3-11-24)33-25-15-18-36(19-16-25)31(39)23-9-6-8-22(20-23)27-21-37-17-5-4-14-29(37)35-27/h1-6,8-12,14,17,20-21,25H,7,13,15-16,18-19H2,(H,32,34)(H,33,38). The highest BCUT2D eigenvalue weighted by Crippen LogP contribution is 2.23. The molecule has 0 saturated carbocycles. The number of aliphatic imine (C=N–C) groups is 1. The Hall–Kier alpha value is -4.72. The maximum absolute atomic E-state index is 13.3. The Labute approximate surface area is 227 Å². The van der Waals surface area contributed by atoms with Gasteiger partial charge in [0.25, 0.3) is 11.8 Å². The van der Waals surface area contributed by atoms with Crippen LogP contribution in [0.1, 0.15) is 36.0 Å². The molecule has 6 rings (SSSR count). The number of nitrogens with zero attached hydrogens (tertiary/aromatic N) is 4. The predicted molar refractivity (Wildman–Crippen MR) is 153 cm³/mol. The monoisotopic (exact) mass is 518 g/mol. The highest BCUT2D eigenvalue weighted by molar-refractivity contribution is 6.02. The van der Waals surface area contributed by atoms with Gasteiger partial charge in [-0.15, -0.1) is 0 Å². The van der Waals surface area contributed by atoms with E-state index >= 15 is 0 Å². The third-order valence-corrected chi connectivity index (χ3v) is 7.16. The summed E-state index contributed by atoms with van der Waals surface area (Å²) >= 11 is 0. The Kier molecular flexibility index (Phi) is 6.91. The van der Waals surface area contributed by atoms with Gasteiger partial charge in [-0.25, -0.2) is 9.98 Å². The van der Waals surface area contributed by atoms with Crippen LogP contribution in [0.5, 0.6) is 0 Å². The van der Waals surface area contributed by atoms with Crippen molar-refractivity contribution in [3.05, 3.63) is 103 Å². The van der Waals surface area contributed by atoms with Crippen molar-refractivity contribution in [2.24, 2.45) is 4.99 Å². The van der Waals surface area contributed by atoms with Gasteiger partial charge < -0.3 is 19.9 Å². The van der Waals surface area contributed by atoms with Crippen LogP contribution in [0.3, 0.4) is 0 Å². The molecule has 8 heteroatoms. The van der Waals surface area contributed by atoms with Crippen LogP contribution in [0.25, 0.3) is 16.9 Å². The van der Waals surface area contributed by atoms with Crippen molar-refractivity contribution in [1.29, 1.82) is 0 Å². The molecule has 1 saturated heterocycles. The van der Waals surface area contributed by atoms with Gasteiger partial charge >= 0.3 is 0 Å². The molecule has 0 bridgehead atoms. The molecule has 0 aliphatic carbocycles. The van der Waals surface area contributed by atoms with Gasteiger partial charge in [0.1, 0.15) is 17.2 Å². The number of allylic oxidation sites excluding steroid dienone is 1. The number of pyridine rings is 1. The molecule has 39 heavy (non-hydrogen) atoms. The number of benzene rings is 2. The second-order valence-electron chi connectivity index (χ2n) is 9.89. The minimum absolute atomic E-state index is 0.00149. The summed E-state index contributed by atoms with van der Waals surface area (Å²) in [5.74, 6) is 0.633. The summed E-state index contributed by atoms with van der Waals surface area (Å²) in [5.41, 5.74) is 4.66. The number of carbonyl (C=O) groups excluding carboxylic acids is 2. The first kappa shape index (κ1) is 24.6. The van der Waals surface area contributed by atoms with Crippen LogP contribution in [0.15, 0.2) is 102 Å². The summed E-state index contributed by atoms with van der Waals surface area (Å²) < 4.78 is 1.97.